The van der Waals surface area contributed by atoms with Crippen LogP contribution in [0.2, 0.25) is 0 Å². The zero-order valence-corrected chi connectivity index (χ0v) is 14.4. The van der Waals surface area contributed by atoms with Gasteiger partial charge in [-0.05, 0) is 49.7 Å². The van der Waals surface area contributed by atoms with Crippen LogP contribution in [0.3, 0.4) is 0 Å². The molecule has 0 saturated carbocycles. The van der Waals surface area contributed by atoms with Crippen LogP contribution in [0.25, 0.3) is 0 Å². The van der Waals surface area contributed by atoms with Gasteiger partial charge in [-0.1, -0.05) is 17.7 Å². The SMILES string of the molecule is COC(=O)c1ccc(NC(=O)CC(=O)Nc2ccc(C)cc2C)cc1. The Morgan fingerprint density at radius 1 is 0.920 bits per heavy atom. The summed E-state index contributed by atoms with van der Waals surface area (Å²) in [6, 6.07) is 11.9. The molecule has 2 amide bonds. The number of carbonyl (C=O) groups is 3. The molecule has 0 aliphatic carbocycles. The van der Waals surface area contributed by atoms with E-state index in [2.05, 4.69) is 15.4 Å². The number of amides is 2. The fourth-order valence-electron chi connectivity index (χ4n) is 2.31. The summed E-state index contributed by atoms with van der Waals surface area (Å²) in [5.41, 5.74) is 3.60. The molecule has 0 radical (unpaired) electrons. The average molecular weight is 340 g/mol. The van der Waals surface area contributed by atoms with Gasteiger partial charge < -0.3 is 15.4 Å². The van der Waals surface area contributed by atoms with Crippen LogP contribution in [-0.4, -0.2) is 24.9 Å². The van der Waals surface area contributed by atoms with E-state index < -0.39 is 17.8 Å². The zero-order valence-electron chi connectivity index (χ0n) is 14.4. The lowest BCUT2D eigenvalue weighted by molar-refractivity contribution is -0.123. The maximum Gasteiger partial charge on any atom is 0.337 e. The summed E-state index contributed by atoms with van der Waals surface area (Å²) in [6.45, 7) is 3.86. The van der Waals surface area contributed by atoms with E-state index in [9.17, 15) is 14.4 Å². The molecule has 0 unspecified atom stereocenters. The molecule has 0 aliphatic heterocycles. The lowest BCUT2D eigenvalue weighted by atomic mass is 10.1. The van der Waals surface area contributed by atoms with Crippen LogP contribution in [-0.2, 0) is 14.3 Å². The van der Waals surface area contributed by atoms with E-state index in [1.54, 1.807) is 12.1 Å². The molecule has 0 spiro atoms. The molecule has 0 heterocycles. The number of hydrogen-bond acceptors (Lipinski definition) is 4. The molecule has 25 heavy (non-hydrogen) atoms. The first-order valence-corrected chi connectivity index (χ1v) is 7.74. The Morgan fingerprint density at radius 2 is 1.56 bits per heavy atom. The van der Waals surface area contributed by atoms with E-state index in [4.69, 9.17) is 0 Å². The largest absolute Gasteiger partial charge is 0.465 e. The highest BCUT2D eigenvalue weighted by atomic mass is 16.5. The van der Waals surface area contributed by atoms with Gasteiger partial charge in [0.15, 0.2) is 0 Å². The summed E-state index contributed by atoms with van der Waals surface area (Å²) in [5.74, 6) is -1.28. The Bertz CT molecular complexity index is 798. The van der Waals surface area contributed by atoms with E-state index in [0.717, 1.165) is 11.1 Å². The molecule has 0 aromatic heterocycles. The van der Waals surface area contributed by atoms with Crippen molar-refractivity contribution in [2.45, 2.75) is 20.3 Å². The lowest BCUT2D eigenvalue weighted by Gasteiger charge is -2.10. The highest BCUT2D eigenvalue weighted by Crippen LogP contribution is 2.16. The number of anilines is 2. The van der Waals surface area contributed by atoms with Crippen molar-refractivity contribution in [2.75, 3.05) is 17.7 Å². The number of nitrogens with one attached hydrogen (secondary N) is 2. The minimum Gasteiger partial charge on any atom is -0.465 e. The topological polar surface area (TPSA) is 84.5 Å². The summed E-state index contributed by atoms with van der Waals surface area (Å²) in [6.07, 6.45) is -0.300. The third-order valence-electron chi connectivity index (χ3n) is 3.57. The Balaban J connectivity index is 1.91. The lowest BCUT2D eigenvalue weighted by Crippen LogP contribution is -2.21. The van der Waals surface area contributed by atoms with Crippen molar-refractivity contribution in [1.82, 2.24) is 0 Å². The average Bonchev–Trinajstić information content (AvgIpc) is 2.57. The highest BCUT2D eigenvalue weighted by molar-refractivity contribution is 6.08. The number of benzene rings is 2. The van der Waals surface area contributed by atoms with Gasteiger partial charge in [0.2, 0.25) is 11.8 Å². The van der Waals surface area contributed by atoms with E-state index >= 15 is 0 Å². The summed E-state index contributed by atoms with van der Waals surface area (Å²) in [4.78, 5) is 35.3. The molecule has 0 saturated heterocycles. The first kappa shape index (κ1) is 18.2. The van der Waals surface area contributed by atoms with Gasteiger partial charge in [-0.2, -0.15) is 0 Å². The normalized spacial score (nSPS) is 10.0. The minimum atomic E-state index is -0.453. The number of aryl methyl sites for hydroxylation is 2. The van der Waals surface area contributed by atoms with Crippen LogP contribution in [0, 0.1) is 13.8 Å². The summed E-state index contributed by atoms with van der Waals surface area (Å²) in [5, 5.41) is 5.34. The number of carbonyl (C=O) groups excluding carboxylic acids is 3. The van der Waals surface area contributed by atoms with Gasteiger partial charge in [-0.25, -0.2) is 4.79 Å². The van der Waals surface area contributed by atoms with Gasteiger partial charge in [0.05, 0.1) is 12.7 Å². The molecule has 6 nitrogen and oxygen atoms in total. The van der Waals surface area contributed by atoms with Crippen LogP contribution in [0.4, 0.5) is 11.4 Å². The second-order valence-electron chi connectivity index (χ2n) is 5.66. The molecule has 0 atom stereocenters. The van der Waals surface area contributed by atoms with Crippen molar-refractivity contribution in [2.24, 2.45) is 0 Å². The monoisotopic (exact) mass is 340 g/mol. The Hall–Kier alpha value is -3.15. The van der Waals surface area contributed by atoms with E-state index in [1.165, 1.54) is 19.2 Å². The van der Waals surface area contributed by atoms with Crippen LogP contribution in [0.15, 0.2) is 42.5 Å². The van der Waals surface area contributed by atoms with Crippen LogP contribution < -0.4 is 10.6 Å². The predicted molar refractivity (Wildman–Crippen MR) is 95.6 cm³/mol. The van der Waals surface area contributed by atoms with Crippen molar-refractivity contribution >= 4 is 29.2 Å². The number of hydrogen-bond donors (Lipinski definition) is 2. The Morgan fingerprint density at radius 3 is 2.16 bits per heavy atom. The van der Waals surface area contributed by atoms with Gasteiger partial charge in [-0.15, -0.1) is 0 Å². The first-order chi connectivity index (χ1) is 11.9. The first-order valence-electron chi connectivity index (χ1n) is 7.74. The van der Waals surface area contributed by atoms with Gasteiger partial charge >= 0.3 is 5.97 Å². The second kappa shape index (κ2) is 8.10. The Labute approximate surface area is 146 Å². The zero-order chi connectivity index (χ0) is 18.4. The highest BCUT2D eigenvalue weighted by Gasteiger charge is 2.12. The third kappa shape index (κ3) is 5.17. The number of esters is 1. The van der Waals surface area contributed by atoms with Crippen molar-refractivity contribution in [3.63, 3.8) is 0 Å². The maximum atomic E-state index is 12.0. The number of rotatable bonds is 5. The summed E-state index contributed by atoms with van der Waals surface area (Å²) in [7, 11) is 1.30. The maximum absolute atomic E-state index is 12.0. The molecule has 2 aromatic carbocycles. The number of methoxy groups -OCH3 is 1. The van der Waals surface area contributed by atoms with Crippen molar-refractivity contribution < 1.29 is 19.1 Å². The van der Waals surface area contributed by atoms with E-state index in [-0.39, 0.29) is 6.42 Å². The van der Waals surface area contributed by atoms with Crippen LogP contribution in [0.5, 0.6) is 0 Å². The van der Waals surface area contributed by atoms with E-state index in [1.807, 2.05) is 32.0 Å². The van der Waals surface area contributed by atoms with Gasteiger partial charge in [0.25, 0.3) is 0 Å². The quantitative estimate of drug-likeness (QED) is 0.647. The molecule has 130 valence electrons. The fraction of sp³-hybridized carbons (Fsp3) is 0.211. The Kier molecular flexibility index (Phi) is 5.89. The summed E-state index contributed by atoms with van der Waals surface area (Å²) < 4.78 is 4.60. The van der Waals surface area contributed by atoms with Crippen molar-refractivity contribution in [3.05, 3.63) is 59.2 Å². The van der Waals surface area contributed by atoms with Crippen molar-refractivity contribution in [3.8, 4) is 0 Å². The van der Waals surface area contributed by atoms with Gasteiger partial charge in [-0.3, -0.25) is 9.59 Å². The number of ether oxygens (including phenoxy) is 1. The predicted octanol–water partition coefficient (Wildman–Crippen LogP) is 3.06. The molecule has 0 fully saturated rings. The van der Waals surface area contributed by atoms with Crippen LogP contribution in [0.1, 0.15) is 27.9 Å². The third-order valence-corrected chi connectivity index (χ3v) is 3.57. The van der Waals surface area contributed by atoms with Gasteiger partial charge in [0.1, 0.15) is 6.42 Å². The molecular weight excluding hydrogens is 320 g/mol. The van der Waals surface area contributed by atoms with Gasteiger partial charge in [0, 0.05) is 11.4 Å². The molecule has 6 heteroatoms. The minimum absolute atomic E-state index is 0.300. The molecule has 0 aliphatic rings. The fourth-order valence-corrected chi connectivity index (χ4v) is 2.31. The van der Waals surface area contributed by atoms with Crippen LogP contribution >= 0.6 is 0 Å². The molecule has 2 N–H and O–H groups in total. The molecule has 0 bridgehead atoms. The van der Waals surface area contributed by atoms with E-state index in [0.29, 0.717) is 16.9 Å². The second-order valence-corrected chi connectivity index (χ2v) is 5.66. The standard InChI is InChI=1S/C19H20N2O4/c1-12-4-9-16(13(2)10-12)21-18(23)11-17(22)20-15-7-5-14(6-8-15)19(24)25-3/h4-10H,11H2,1-3H3,(H,20,22)(H,21,23). The molecular formula is C19H20N2O4. The summed E-state index contributed by atoms with van der Waals surface area (Å²) >= 11 is 0. The smallest absolute Gasteiger partial charge is 0.337 e. The molecule has 2 rings (SSSR count). The molecule has 2 aromatic rings. The van der Waals surface area contributed by atoms with Crippen molar-refractivity contribution in [1.29, 1.82) is 0 Å².